The van der Waals surface area contributed by atoms with Gasteiger partial charge in [0.2, 0.25) is 0 Å². The molecule has 6 heteroatoms. The maximum Gasteiger partial charge on any atom is 0.179 e. The molecule has 0 saturated carbocycles. The highest BCUT2D eigenvalue weighted by Gasteiger charge is 2.41. The number of amidine groups is 2. The average Bonchev–Trinajstić information content (AvgIpc) is 3.34. The van der Waals surface area contributed by atoms with E-state index in [4.69, 9.17) is 15.1 Å². The fraction of sp³-hybridized carbons (Fsp3) is 0.194. The molecule has 42 heavy (non-hydrogen) atoms. The molecule has 5 aromatic rings. The topological polar surface area (TPSA) is 57.8 Å². The second kappa shape index (κ2) is 10.1. The number of fused-ring (bicyclic) bond motifs is 4. The summed E-state index contributed by atoms with van der Waals surface area (Å²) in [5.74, 6) is 2.78. The third kappa shape index (κ3) is 4.31. The van der Waals surface area contributed by atoms with Crippen LogP contribution in [0.2, 0.25) is 0 Å². The van der Waals surface area contributed by atoms with E-state index >= 15 is 0 Å². The Bertz CT molecular complexity index is 1860. The van der Waals surface area contributed by atoms with E-state index in [-0.39, 0.29) is 6.04 Å². The van der Waals surface area contributed by atoms with Crippen LogP contribution in [0.15, 0.2) is 107 Å². The van der Waals surface area contributed by atoms with Gasteiger partial charge in [0, 0.05) is 5.56 Å². The van der Waals surface area contributed by atoms with Gasteiger partial charge in [0.25, 0.3) is 0 Å². The van der Waals surface area contributed by atoms with Crippen LogP contribution in [-0.4, -0.2) is 21.5 Å². The highest BCUT2D eigenvalue weighted by atomic mass is 15.4. The fourth-order valence-corrected chi connectivity index (χ4v) is 6.01. The SMILES string of the molecule is Cc1ccc(N=C2Nc3ccccc3N3C2=Nc2c(c(C)nn2-c2ccccc2)[C@@H]3c2ccc(C(C)C)cc2)c(C)c1. The lowest BCUT2D eigenvalue weighted by atomic mass is 9.91. The van der Waals surface area contributed by atoms with Gasteiger partial charge in [-0.3, -0.25) is 0 Å². The van der Waals surface area contributed by atoms with Crippen molar-refractivity contribution in [2.24, 2.45) is 9.98 Å². The van der Waals surface area contributed by atoms with Crippen LogP contribution in [0, 0.1) is 20.8 Å². The van der Waals surface area contributed by atoms with Gasteiger partial charge in [-0.15, -0.1) is 0 Å². The van der Waals surface area contributed by atoms with Crippen molar-refractivity contribution in [3.05, 3.63) is 131 Å². The molecule has 0 fully saturated rings. The van der Waals surface area contributed by atoms with E-state index in [9.17, 15) is 0 Å². The molecule has 0 bridgehead atoms. The zero-order valence-electron chi connectivity index (χ0n) is 24.6. The Kier molecular flexibility index (Phi) is 6.27. The van der Waals surface area contributed by atoms with Crippen molar-refractivity contribution in [3.8, 4) is 5.69 Å². The van der Waals surface area contributed by atoms with Gasteiger partial charge < -0.3 is 10.2 Å². The average molecular weight is 551 g/mol. The number of aromatic nitrogens is 2. The van der Waals surface area contributed by atoms with Gasteiger partial charge in [-0.1, -0.05) is 86.1 Å². The van der Waals surface area contributed by atoms with E-state index < -0.39 is 0 Å². The number of nitrogens with one attached hydrogen (secondary N) is 1. The summed E-state index contributed by atoms with van der Waals surface area (Å²) >= 11 is 0. The van der Waals surface area contributed by atoms with Gasteiger partial charge in [-0.25, -0.2) is 14.7 Å². The van der Waals surface area contributed by atoms with Crippen LogP contribution < -0.4 is 10.2 Å². The zero-order chi connectivity index (χ0) is 29.0. The molecule has 0 radical (unpaired) electrons. The molecule has 2 aliphatic rings. The number of benzene rings is 4. The predicted molar refractivity (Wildman–Crippen MR) is 173 cm³/mol. The summed E-state index contributed by atoms with van der Waals surface area (Å²) in [5, 5.41) is 8.68. The molecule has 1 atom stereocenters. The molecule has 7 rings (SSSR count). The molecule has 4 aromatic carbocycles. The Hall–Kier alpha value is -4.97. The third-order valence-corrected chi connectivity index (χ3v) is 8.19. The molecule has 0 amide bonds. The molecule has 0 saturated heterocycles. The number of para-hydroxylation sites is 3. The lowest BCUT2D eigenvalue weighted by molar-refractivity contribution is 0.811. The number of rotatable bonds is 4. The quantitative estimate of drug-likeness (QED) is 0.243. The van der Waals surface area contributed by atoms with Crippen molar-refractivity contribution in [3.63, 3.8) is 0 Å². The van der Waals surface area contributed by atoms with E-state index in [1.807, 2.05) is 22.9 Å². The van der Waals surface area contributed by atoms with Crippen molar-refractivity contribution in [1.82, 2.24) is 9.78 Å². The molecule has 3 heterocycles. The van der Waals surface area contributed by atoms with E-state index in [0.29, 0.717) is 11.8 Å². The monoisotopic (exact) mass is 550 g/mol. The van der Waals surface area contributed by atoms with Crippen molar-refractivity contribution in [1.29, 1.82) is 0 Å². The Balaban J connectivity index is 1.51. The number of hydrogen-bond acceptors (Lipinski definition) is 4. The summed E-state index contributed by atoms with van der Waals surface area (Å²) in [5.41, 5.74) is 10.9. The molecular weight excluding hydrogens is 516 g/mol. The maximum atomic E-state index is 5.36. The molecular formula is C36H34N6. The molecule has 0 aliphatic carbocycles. The van der Waals surface area contributed by atoms with Crippen molar-refractivity contribution in [2.75, 3.05) is 10.2 Å². The first-order valence-electron chi connectivity index (χ1n) is 14.5. The lowest BCUT2D eigenvalue weighted by Crippen LogP contribution is -2.48. The molecule has 0 unspecified atom stereocenters. The molecule has 0 spiro atoms. The van der Waals surface area contributed by atoms with Crippen molar-refractivity contribution >= 4 is 34.6 Å². The van der Waals surface area contributed by atoms with E-state index in [1.165, 1.54) is 16.7 Å². The van der Waals surface area contributed by atoms with Crippen LogP contribution in [0.4, 0.5) is 22.9 Å². The number of anilines is 2. The van der Waals surface area contributed by atoms with Crippen LogP contribution in [0.25, 0.3) is 5.69 Å². The standard InChI is InChI=1S/C36H34N6/c1-22(2)26-16-18-27(19-17-26)33-32-25(5)40-42(28-11-7-6-8-12-28)35(32)39-36-34(37-29-20-15-23(3)21-24(29)4)38-30-13-9-10-14-31(30)41(33)36/h6-22,33H,1-5H3,(H,37,38)/t33-/m0/s1. The minimum atomic E-state index is -0.140. The summed E-state index contributed by atoms with van der Waals surface area (Å²) in [6.45, 7) is 10.8. The minimum absolute atomic E-state index is 0.140. The van der Waals surface area contributed by atoms with Crippen LogP contribution in [0.5, 0.6) is 0 Å². The highest BCUT2D eigenvalue weighted by molar-refractivity contribution is 6.52. The van der Waals surface area contributed by atoms with Crippen molar-refractivity contribution in [2.45, 2.75) is 46.6 Å². The van der Waals surface area contributed by atoms with Gasteiger partial charge in [0.15, 0.2) is 17.5 Å². The largest absolute Gasteiger partial charge is 0.335 e. The first-order chi connectivity index (χ1) is 20.4. The highest BCUT2D eigenvalue weighted by Crippen LogP contribution is 2.48. The number of aliphatic imine (C=N–C) groups is 2. The summed E-state index contributed by atoms with van der Waals surface area (Å²) in [7, 11) is 0. The van der Waals surface area contributed by atoms with Gasteiger partial charge in [-0.2, -0.15) is 5.10 Å². The first kappa shape index (κ1) is 26.0. The summed E-state index contributed by atoms with van der Waals surface area (Å²) in [6.07, 6.45) is 0. The molecule has 1 N–H and O–H groups in total. The Labute approximate surface area is 247 Å². The van der Waals surface area contributed by atoms with Gasteiger partial charge in [0.05, 0.1) is 34.5 Å². The van der Waals surface area contributed by atoms with Crippen LogP contribution in [0.1, 0.15) is 59.3 Å². The Morgan fingerprint density at radius 2 is 1.57 bits per heavy atom. The zero-order valence-corrected chi connectivity index (χ0v) is 24.6. The van der Waals surface area contributed by atoms with Crippen LogP contribution in [0.3, 0.4) is 0 Å². The van der Waals surface area contributed by atoms with Gasteiger partial charge in [-0.05, 0) is 73.7 Å². The number of aryl methyl sites for hydroxylation is 3. The van der Waals surface area contributed by atoms with E-state index in [0.717, 1.165) is 51.2 Å². The summed E-state index contributed by atoms with van der Waals surface area (Å²) in [4.78, 5) is 12.9. The summed E-state index contributed by atoms with van der Waals surface area (Å²) in [6, 6.07) is 33.9. The number of hydrogen-bond donors (Lipinski definition) is 1. The Morgan fingerprint density at radius 3 is 2.31 bits per heavy atom. The van der Waals surface area contributed by atoms with Gasteiger partial charge in [0.1, 0.15) is 0 Å². The van der Waals surface area contributed by atoms with Crippen LogP contribution >= 0.6 is 0 Å². The smallest absolute Gasteiger partial charge is 0.179 e. The van der Waals surface area contributed by atoms with Gasteiger partial charge >= 0.3 is 0 Å². The second-order valence-corrected chi connectivity index (χ2v) is 11.5. The fourth-order valence-electron chi connectivity index (χ4n) is 6.01. The Morgan fingerprint density at radius 1 is 0.833 bits per heavy atom. The predicted octanol–water partition coefficient (Wildman–Crippen LogP) is 8.72. The summed E-state index contributed by atoms with van der Waals surface area (Å²) < 4.78 is 1.97. The van der Waals surface area contributed by atoms with Crippen molar-refractivity contribution < 1.29 is 0 Å². The first-order valence-corrected chi connectivity index (χ1v) is 14.5. The molecule has 208 valence electrons. The number of nitrogens with zero attached hydrogens (tertiary/aromatic N) is 5. The van der Waals surface area contributed by atoms with Crippen LogP contribution in [-0.2, 0) is 0 Å². The molecule has 6 nitrogen and oxygen atoms in total. The lowest BCUT2D eigenvalue weighted by Gasteiger charge is -2.42. The molecule has 2 aliphatic heterocycles. The maximum absolute atomic E-state index is 5.36. The van der Waals surface area contributed by atoms with E-state index in [2.05, 4.69) is 124 Å². The molecule has 1 aromatic heterocycles. The third-order valence-electron chi connectivity index (χ3n) is 8.19. The minimum Gasteiger partial charge on any atom is -0.335 e. The van der Waals surface area contributed by atoms with E-state index in [1.54, 1.807) is 0 Å². The normalized spacial score (nSPS) is 16.5. The second-order valence-electron chi connectivity index (χ2n) is 11.5.